The fourth-order valence-electron chi connectivity index (χ4n) is 2.15. The van der Waals surface area contributed by atoms with Gasteiger partial charge in [0.1, 0.15) is 5.75 Å². The zero-order valence-corrected chi connectivity index (χ0v) is 11.4. The summed E-state index contributed by atoms with van der Waals surface area (Å²) in [5, 5.41) is 11.8. The van der Waals surface area contributed by atoms with Crippen LogP contribution in [0.15, 0.2) is 36.4 Å². The Morgan fingerprint density at radius 2 is 1.95 bits per heavy atom. The Morgan fingerprint density at radius 3 is 2.68 bits per heavy atom. The van der Waals surface area contributed by atoms with Gasteiger partial charge < -0.3 is 14.6 Å². The topological polar surface area (TPSA) is 38.7 Å². The lowest BCUT2D eigenvalue weighted by Gasteiger charge is -2.18. The van der Waals surface area contributed by atoms with Gasteiger partial charge in [-0.25, -0.2) is 0 Å². The molecule has 3 nitrogen and oxygen atoms in total. The second kappa shape index (κ2) is 6.55. The first-order valence-corrected chi connectivity index (χ1v) is 6.53. The van der Waals surface area contributed by atoms with Crippen molar-refractivity contribution >= 4 is 10.8 Å². The highest BCUT2D eigenvalue weighted by Crippen LogP contribution is 2.29. The maximum Gasteiger partial charge on any atom is 0.125 e. The van der Waals surface area contributed by atoms with Gasteiger partial charge in [-0.1, -0.05) is 30.3 Å². The molecule has 19 heavy (non-hydrogen) atoms. The third kappa shape index (κ3) is 3.25. The first-order chi connectivity index (χ1) is 9.26. The lowest BCUT2D eigenvalue weighted by atomic mass is 10.0. The molecular weight excluding hydrogens is 240 g/mol. The molecule has 2 aromatic rings. The van der Waals surface area contributed by atoms with E-state index in [0.29, 0.717) is 6.61 Å². The van der Waals surface area contributed by atoms with Gasteiger partial charge in [-0.2, -0.15) is 0 Å². The third-order valence-electron chi connectivity index (χ3n) is 3.21. The van der Waals surface area contributed by atoms with Gasteiger partial charge in [0.15, 0.2) is 0 Å². The summed E-state index contributed by atoms with van der Waals surface area (Å²) in [6.07, 6.45) is 0.889. The highest BCUT2D eigenvalue weighted by atomic mass is 16.5. The Hall–Kier alpha value is -1.58. The van der Waals surface area contributed by atoms with E-state index in [1.54, 1.807) is 7.11 Å². The molecule has 0 saturated heterocycles. The number of rotatable bonds is 6. The van der Waals surface area contributed by atoms with Gasteiger partial charge in [0.25, 0.3) is 0 Å². The molecule has 2 rings (SSSR count). The summed E-state index contributed by atoms with van der Waals surface area (Å²) in [6, 6.07) is 12.0. The molecule has 0 aliphatic rings. The summed E-state index contributed by atoms with van der Waals surface area (Å²) in [5.74, 6) is 0.754. The van der Waals surface area contributed by atoms with E-state index in [2.05, 4.69) is 0 Å². The van der Waals surface area contributed by atoms with E-state index in [1.165, 1.54) is 0 Å². The molecule has 0 spiro atoms. The molecule has 1 N–H and O–H groups in total. The van der Waals surface area contributed by atoms with Gasteiger partial charge in [0.2, 0.25) is 0 Å². The first-order valence-electron chi connectivity index (χ1n) is 6.53. The molecule has 0 amide bonds. The zero-order valence-electron chi connectivity index (χ0n) is 11.4. The normalized spacial score (nSPS) is 12.6. The quantitative estimate of drug-likeness (QED) is 0.867. The largest absolute Gasteiger partial charge is 0.490 e. The minimum Gasteiger partial charge on any atom is -0.490 e. The van der Waals surface area contributed by atoms with Gasteiger partial charge in [-0.15, -0.1) is 0 Å². The van der Waals surface area contributed by atoms with Crippen LogP contribution in [0.5, 0.6) is 5.75 Å². The molecule has 0 aliphatic carbocycles. The minimum absolute atomic E-state index is 0.0202. The maximum absolute atomic E-state index is 9.60. The molecule has 1 unspecified atom stereocenters. The van der Waals surface area contributed by atoms with Gasteiger partial charge >= 0.3 is 0 Å². The first kappa shape index (κ1) is 13.8. The lowest BCUT2D eigenvalue weighted by Crippen LogP contribution is -2.15. The average Bonchev–Trinajstić information content (AvgIpc) is 2.45. The Balaban J connectivity index is 2.27. The highest BCUT2D eigenvalue weighted by molar-refractivity contribution is 5.87. The molecule has 0 fully saturated rings. The number of methoxy groups -OCH3 is 1. The Kier molecular flexibility index (Phi) is 4.77. The molecule has 1 atom stereocenters. The Bertz CT molecular complexity index is 537. The van der Waals surface area contributed by atoms with E-state index in [1.807, 2.05) is 43.3 Å². The summed E-state index contributed by atoms with van der Waals surface area (Å²) >= 11 is 0. The molecule has 2 aromatic carbocycles. The van der Waals surface area contributed by atoms with E-state index in [9.17, 15) is 5.11 Å². The number of fused-ring (bicyclic) bond motifs is 1. The molecular formula is C16H20O3. The monoisotopic (exact) mass is 260 g/mol. The van der Waals surface area contributed by atoms with Crippen molar-refractivity contribution < 1.29 is 14.6 Å². The molecule has 0 bridgehead atoms. The number of benzene rings is 2. The highest BCUT2D eigenvalue weighted by Gasteiger charge is 2.11. The molecule has 3 heteroatoms. The molecule has 0 radical (unpaired) electrons. The summed E-state index contributed by atoms with van der Waals surface area (Å²) in [4.78, 5) is 0. The van der Waals surface area contributed by atoms with Crippen LogP contribution in [0, 0.1) is 0 Å². The van der Waals surface area contributed by atoms with Gasteiger partial charge in [0, 0.05) is 25.7 Å². The van der Waals surface area contributed by atoms with E-state index < -0.39 is 0 Å². The van der Waals surface area contributed by atoms with Crippen LogP contribution in [0.1, 0.15) is 18.9 Å². The van der Waals surface area contributed by atoms with Crippen molar-refractivity contribution in [1.29, 1.82) is 0 Å². The van der Waals surface area contributed by atoms with Crippen molar-refractivity contribution in [3.8, 4) is 5.75 Å². The summed E-state index contributed by atoms with van der Waals surface area (Å²) < 4.78 is 11.0. The van der Waals surface area contributed by atoms with Crippen LogP contribution in [0.4, 0.5) is 0 Å². The van der Waals surface area contributed by atoms with E-state index in [4.69, 9.17) is 9.47 Å². The predicted molar refractivity (Wildman–Crippen MR) is 76.5 cm³/mol. The fourth-order valence-corrected chi connectivity index (χ4v) is 2.15. The van der Waals surface area contributed by atoms with Crippen molar-refractivity contribution in [3.05, 3.63) is 42.0 Å². The molecule has 0 aromatic heterocycles. The SMILES string of the molecule is COCCC(C)Oc1ccc2ccccc2c1CO. The molecule has 102 valence electrons. The number of ether oxygens (including phenoxy) is 2. The Labute approximate surface area is 113 Å². The van der Waals surface area contributed by atoms with Gasteiger partial charge in [0.05, 0.1) is 12.7 Å². The van der Waals surface area contributed by atoms with Crippen molar-refractivity contribution in [2.24, 2.45) is 0 Å². The van der Waals surface area contributed by atoms with Crippen LogP contribution in [-0.4, -0.2) is 24.9 Å². The predicted octanol–water partition coefficient (Wildman–Crippen LogP) is 3.14. The summed E-state index contributed by atoms with van der Waals surface area (Å²) in [5.41, 5.74) is 0.849. The van der Waals surface area contributed by atoms with Crippen LogP contribution < -0.4 is 4.74 Å². The van der Waals surface area contributed by atoms with E-state index in [0.717, 1.165) is 28.5 Å². The van der Waals surface area contributed by atoms with Crippen molar-refractivity contribution in [1.82, 2.24) is 0 Å². The van der Waals surface area contributed by atoms with Crippen LogP contribution in [0.3, 0.4) is 0 Å². The summed E-state index contributed by atoms with van der Waals surface area (Å²) in [6.45, 7) is 2.66. The summed E-state index contributed by atoms with van der Waals surface area (Å²) in [7, 11) is 1.68. The van der Waals surface area contributed by atoms with E-state index in [-0.39, 0.29) is 12.7 Å². The number of hydrogen-bond donors (Lipinski definition) is 1. The maximum atomic E-state index is 9.60. The molecule has 0 aliphatic heterocycles. The van der Waals surface area contributed by atoms with Crippen molar-refractivity contribution in [3.63, 3.8) is 0 Å². The molecule has 0 saturated carbocycles. The smallest absolute Gasteiger partial charge is 0.125 e. The van der Waals surface area contributed by atoms with Crippen LogP contribution in [-0.2, 0) is 11.3 Å². The molecule has 0 heterocycles. The number of aliphatic hydroxyl groups excluding tert-OH is 1. The average molecular weight is 260 g/mol. The van der Waals surface area contributed by atoms with Crippen LogP contribution in [0.2, 0.25) is 0 Å². The lowest BCUT2D eigenvalue weighted by molar-refractivity contribution is 0.133. The van der Waals surface area contributed by atoms with Crippen molar-refractivity contribution in [2.75, 3.05) is 13.7 Å². The van der Waals surface area contributed by atoms with E-state index >= 15 is 0 Å². The zero-order chi connectivity index (χ0) is 13.7. The van der Waals surface area contributed by atoms with Crippen molar-refractivity contribution in [2.45, 2.75) is 26.1 Å². The Morgan fingerprint density at radius 1 is 1.16 bits per heavy atom. The second-order valence-electron chi connectivity index (χ2n) is 4.63. The standard InChI is InChI=1S/C16H20O3/c1-12(9-10-18-2)19-16-8-7-13-5-3-4-6-14(13)15(16)11-17/h3-8,12,17H,9-11H2,1-2H3. The second-order valence-corrected chi connectivity index (χ2v) is 4.63. The van der Waals surface area contributed by atoms with Gasteiger partial charge in [-0.05, 0) is 23.8 Å². The third-order valence-corrected chi connectivity index (χ3v) is 3.21. The van der Waals surface area contributed by atoms with Gasteiger partial charge in [-0.3, -0.25) is 0 Å². The number of aliphatic hydroxyl groups is 1. The number of hydrogen-bond acceptors (Lipinski definition) is 3. The van der Waals surface area contributed by atoms with Crippen LogP contribution >= 0.6 is 0 Å². The minimum atomic E-state index is -0.0202. The fraction of sp³-hybridized carbons (Fsp3) is 0.375. The van der Waals surface area contributed by atoms with Crippen LogP contribution in [0.25, 0.3) is 10.8 Å².